The number of nitro groups is 1. The number of sulfonamides is 1. The summed E-state index contributed by atoms with van der Waals surface area (Å²) in [6.07, 6.45) is 7.13. The van der Waals surface area contributed by atoms with Gasteiger partial charge in [-0.1, -0.05) is 37.5 Å². The molecule has 1 aliphatic heterocycles. The number of nitrogens with zero attached hydrogens (tertiary/aromatic N) is 2. The molecule has 1 aliphatic carbocycles. The number of nitro benzene ring substituents is 1. The Morgan fingerprint density at radius 1 is 0.970 bits per heavy atom. The van der Waals surface area contributed by atoms with Gasteiger partial charge in [-0.2, -0.15) is 4.31 Å². The summed E-state index contributed by atoms with van der Waals surface area (Å²) in [5.41, 5.74) is 1.82. The summed E-state index contributed by atoms with van der Waals surface area (Å²) in [4.78, 5) is 23.0. The number of anilines is 1. The van der Waals surface area contributed by atoms with Gasteiger partial charge in [-0.25, -0.2) is 8.42 Å². The average Bonchev–Trinajstić information content (AvgIpc) is 2.85. The zero-order valence-corrected chi connectivity index (χ0v) is 19.3. The maximum Gasteiger partial charge on any atom is 0.270 e. The lowest BCUT2D eigenvalue weighted by molar-refractivity contribution is -0.385. The maximum atomic E-state index is 12.9. The van der Waals surface area contributed by atoms with Crippen LogP contribution in [0.4, 0.5) is 11.4 Å². The summed E-state index contributed by atoms with van der Waals surface area (Å²) >= 11 is 0. The zero-order chi connectivity index (χ0) is 23.4. The van der Waals surface area contributed by atoms with E-state index in [1.54, 1.807) is 0 Å². The molecule has 0 bridgehead atoms. The molecule has 2 aromatic carbocycles. The summed E-state index contributed by atoms with van der Waals surface area (Å²) in [7, 11) is -3.84. The first-order valence-electron chi connectivity index (χ1n) is 11.5. The minimum absolute atomic E-state index is 0.0994. The van der Waals surface area contributed by atoms with E-state index in [1.165, 1.54) is 60.2 Å². The van der Waals surface area contributed by atoms with Crippen molar-refractivity contribution in [2.24, 2.45) is 5.92 Å². The highest BCUT2D eigenvalue weighted by atomic mass is 32.2. The third-order valence-corrected chi connectivity index (χ3v) is 8.64. The van der Waals surface area contributed by atoms with Crippen LogP contribution in [0.3, 0.4) is 0 Å². The van der Waals surface area contributed by atoms with Gasteiger partial charge in [0.05, 0.1) is 9.82 Å². The highest BCUT2D eigenvalue weighted by Crippen LogP contribution is 2.33. The van der Waals surface area contributed by atoms with Crippen LogP contribution in [-0.4, -0.2) is 36.6 Å². The number of hydrogen-bond acceptors (Lipinski definition) is 5. The molecule has 1 saturated carbocycles. The fourth-order valence-corrected chi connectivity index (χ4v) is 6.29. The molecule has 8 nitrogen and oxygen atoms in total. The van der Waals surface area contributed by atoms with E-state index < -0.39 is 14.9 Å². The van der Waals surface area contributed by atoms with Crippen molar-refractivity contribution in [1.29, 1.82) is 0 Å². The van der Waals surface area contributed by atoms with Crippen LogP contribution in [0.5, 0.6) is 0 Å². The second-order valence-corrected chi connectivity index (χ2v) is 10.8. The molecule has 176 valence electrons. The zero-order valence-electron chi connectivity index (χ0n) is 18.5. The van der Waals surface area contributed by atoms with Crippen LogP contribution >= 0.6 is 0 Å². The van der Waals surface area contributed by atoms with Gasteiger partial charge < -0.3 is 5.32 Å². The molecule has 0 atom stereocenters. The number of nitrogens with one attached hydrogen (secondary N) is 1. The van der Waals surface area contributed by atoms with Gasteiger partial charge in [0, 0.05) is 36.8 Å². The molecule has 1 heterocycles. The lowest BCUT2D eigenvalue weighted by atomic mass is 9.84. The van der Waals surface area contributed by atoms with E-state index in [9.17, 15) is 23.3 Å². The lowest BCUT2D eigenvalue weighted by Gasteiger charge is -2.30. The number of piperidine rings is 1. The Bertz CT molecular complexity index is 1100. The van der Waals surface area contributed by atoms with Gasteiger partial charge in [0.2, 0.25) is 15.9 Å². The summed E-state index contributed by atoms with van der Waals surface area (Å²) in [5.74, 6) is 0.230. The van der Waals surface area contributed by atoms with Gasteiger partial charge in [-0.3, -0.25) is 14.9 Å². The number of carbonyl (C=O) groups is 1. The van der Waals surface area contributed by atoms with Crippen LogP contribution in [0.15, 0.2) is 53.4 Å². The molecule has 2 aliphatic rings. The predicted molar refractivity (Wildman–Crippen MR) is 125 cm³/mol. The molecule has 4 rings (SSSR count). The van der Waals surface area contributed by atoms with Crippen molar-refractivity contribution >= 4 is 27.3 Å². The lowest BCUT2D eigenvalue weighted by Crippen LogP contribution is -2.41. The predicted octanol–water partition coefficient (Wildman–Crippen LogP) is 4.68. The Hall–Kier alpha value is -2.78. The Morgan fingerprint density at radius 3 is 2.27 bits per heavy atom. The van der Waals surface area contributed by atoms with Gasteiger partial charge in [0.1, 0.15) is 0 Å². The van der Waals surface area contributed by atoms with E-state index in [4.69, 9.17) is 0 Å². The van der Waals surface area contributed by atoms with Gasteiger partial charge in [-0.15, -0.1) is 0 Å². The van der Waals surface area contributed by atoms with Crippen molar-refractivity contribution in [2.45, 2.75) is 55.8 Å². The minimum Gasteiger partial charge on any atom is -0.326 e. The summed E-state index contributed by atoms with van der Waals surface area (Å²) in [5, 5.41) is 13.9. The van der Waals surface area contributed by atoms with Crippen LogP contribution in [0, 0.1) is 16.0 Å². The second kappa shape index (κ2) is 10.0. The first kappa shape index (κ1) is 23.4. The highest BCUT2D eigenvalue weighted by molar-refractivity contribution is 7.89. The molecule has 2 fully saturated rings. The van der Waals surface area contributed by atoms with Gasteiger partial charge >= 0.3 is 0 Å². The van der Waals surface area contributed by atoms with Crippen molar-refractivity contribution < 1.29 is 18.1 Å². The molecule has 1 saturated heterocycles. The van der Waals surface area contributed by atoms with Crippen molar-refractivity contribution in [3.63, 3.8) is 0 Å². The van der Waals surface area contributed by atoms with E-state index in [1.807, 2.05) is 12.1 Å². The SMILES string of the molecule is O=C(Nc1ccc(C2CCCCC2)cc1)C1CCN(S(=O)(=O)c2cccc([N+](=O)[O-])c2)CC1. The molecular weight excluding hydrogens is 442 g/mol. The monoisotopic (exact) mass is 471 g/mol. The second-order valence-electron chi connectivity index (χ2n) is 8.88. The number of benzene rings is 2. The summed E-state index contributed by atoms with van der Waals surface area (Å²) < 4.78 is 27.1. The first-order chi connectivity index (χ1) is 15.8. The van der Waals surface area contributed by atoms with Crippen molar-refractivity contribution in [1.82, 2.24) is 4.31 Å². The topological polar surface area (TPSA) is 110 Å². The van der Waals surface area contributed by atoms with E-state index >= 15 is 0 Å². The van der Waals surface area contributed by atoms with Crippen molar-refractivity contribution in [3.8, 4) is 0 Å². The fraction of sp³-hybridized carbons (Fsp3) is 0.458. The van der Waals surface area contributed by atoms with Gasteiger partial charge in [-0.05, 0) is 55.4 Å². The van der Waals surface area contributed by atoms with Gasteiger partial charge in [0.15, 0.2) is 0 Å². The highest BCUT2D eigenvalue weighted by Gasteiger charge is 2.32. The normalized spacial score (nSPS) is 18.7. The third kappa shape index (κ3) is 5.42. The first-order valence-corrected chi connectivity index (χ1v) is 12.9. The summed E-state index contributed by atoms with van der Waals surface area (Å²) in [6, 6.07) is 13.2. The molecule has 0 aromatic heterocycles. The molecule has 1 N–H and O–H groups in total. The molecule has 0 radical (unpaired) electrons. The van der Waals surface area contributed by atoms with Gasteiger partial charge in [0.25, 0.3) is 5.69 Å². The number of rotatable bonds is 6. The number of carbonyl (C=O) groups excluding carboxylic acids is 1. The molecule has 2 aromatic rings. The summed E-state index contributed by atoms with van der Waals surface area (Å²) in [6.45, 7) is 0.396. The Kier molecular flexibility index (Phi) is 7.09. The molecule has 9 heteroatoms. The van der Waals surface area contributed by atoms with Crippen LogP contribution in [0.2, 0.25) is 0 Å². The van der Waals surface area contributed by atoms with E-state index in [0.29, 0.717) is 18.8 Å². The molecule has 1 amide bonds. The van der Waals surface area contributed by atoms with Crippen LogP contribution < -0.4 is 5.32 Å². The van der Waals surface area contributed by atoms with Crippen molar-refractivity contribution in [3.05, 3.63) is 64.2 Å². The number of amides is 1. The van der Waals surface area contributed by atoms with Crippen LogP contribution in [0.25, 0.3) is 0 Å². The van der Waals surface area contributed by atoms with Crippen LogP contribution in [0.1, 0.15) is 56.4 Å². The van der Waals surface area contributed by atoms with Crippen LogP contribution in [-0.2, 0) is 14.8 Å². The van der Waals surface area contributed by atoms with E-state index in [0.717, 1.165) is 11.8 Å². The number of non-ortho nitro benzene ring substituents is 1. The Balaban J connectivity index is 1.33. The van der Waals surface area contributed by atoms with Crippen molar-refractivity contribution in [2.75, 3.05) is 18.4 Å². The molecule has 0 unspecified atom stereocenters. The standard InChI is InChI=1S/C24H29N3O5S/c28-24(25-21-11-9-19(10-12-21)18-5-2-1-3-6-18)20-13-15-26(16-14-20)33(31,32)23-8-4-7-22(17-23)27(29)30/h4,7-12,17-18,20H,1-3,5-6,13-16H2,(H,25,28). The molecule has 33 heavy (non-hydrogen) atoms. The average molecular weight is 472 g/mol. The smallest absolute Gasteiger partial charge is 0.270 e. The quantitative estimate of drug-likeness (QED) is 0.486. The van der Waals surface area contributed by atoms with E-state index in [2.05, 4.69) is 17.4 Å². The molecule has 0 spiro atoms. The fourth-order valence-electron chi connectivity index (χ4n) is 4.78. The van der Waals surface area contributed by atoms with E-state index in [-0.39, 0.29) is 35.5 Å². The molecular formula is C24H29N3O5S. The third-order valence-electron chi connectivity index (χ3n) is 6.75. The Labute approximate surface area is 194 Å². The number of hydrogen-bond donors (Lipinski definition) is 1. The Morgan fingerprint density at radius 2 is 1.64 bits per heavy atom. The largest absolute Gasteiger partial charge is 0.326 e. The minimum atomic E-state index is -3.84. The maximum absolute atomic E-state index is 12.9.